The molecule has 0 aromatic heterocycles. The zero-order valence-corrected chi connectivity index (χ0v) is 18.7. The van der Waals surface area contributed by atoms with Crippen molar-refractivity contribution in [3.8, 4) is 0 Å². The number of methoxy groups -OCH3 is 1. The number of para-hydroxylation sites is 1. The van der Waals surface area contributed by atoms with Gasteiger partial charge >= 0.3 is 0 Å². The van der Waals surface area contributed by atoms with E-state index >= 15 is 0 Å². The third-order valence-corrected chi connectivity index (χ3v) is 5.97. The summed E-state index contributed by atoms with van der Waals surface area (Å²) in [6, 6.07) is 26.6. The molecule has 0 unspecified atom stereocenters. The molecule has 1 N–H and O–H groups in total. The maximum atomic E-state index is 12.6. The molecule has 1 fully saturated rings. The van der Waals surface area contributed by atoms with E-state index in [1.807, 2.05) is 30.3 Å². The van der Waals surface area contributed by atoms with Gasteiger partial charge in [0.05, 0.1) is 6.61 Å². The summed E-state index contributed by atoms with van der Waals surface area (Å²) in [5.74, 6) is -0.0553. The van der Waals surface area contributed by atoms with E-state index in [4.69, 9.17) is 4.74 Å². The van der Waals surface area contributed by atoms with Gasteiger partial charge in [-0.1, -0.05) is 54.6 Å². The second kappa shape index (κ2) is 10.9. The number of hydrogen-bond donors (Lipinski definition) is 1. The maximum Gasteiger partial charge on any atom is 0.251 e. The average molecular weight is 430 g/mol. The van der Waals surface area contributed by atoms with Crippen LogP contribution in [-0.2, 0) is 24.4 Å². The van der Waals surface area contributed by atoms with Crippen LogP contribution in [0.4, 0.5) is 5.69 Å². The molecule has 3 aromatic carbocycles. The molecule has 3 aromatic rings. The molecule has 0 radical (unpaired) electrons. The SMILES string of the molecule is COCc1ccc(C(=O)NCc2ccccc2CN2CCN(c3ccccc3)CC2)cc1. The van der Waals surface area contributed by atoms with Gasteiger partial charge < -0.3 is 15.0 Å². The van der Waals surface area contributed by atoms with Crippen LogP contribution in [0.25, 0.3) is 0 Å². The number of benzene rings is 3. The Labute approximate surface area is 190 Å². The number of piperazine rings is 1. The minimum absolute atomic E-state index is 0.0553. The zero-order valence-electron chi connectivity index (χ0n) is 18.7. The molecule has 5 heteroatoms. The van der Waals surface area contributed by atoms with Crippen LogP contribution in [0.2, 0.25) is 0 Å². The van der Waals surface area contributed by atoms with Gasteiger partial charge in [-0.25, -0.2) is 0 Å². The minimum Gasteiger partial charge on any atom is -0.380 e. The Balaban J connectivity index is 1.31. The summed E-state index contributed by atoms with van der Waals surface area (Å²) in [6.45, 7) is 6.10. The number of anilines is 1. The molecule has 1 aliphatic rings. The van der Waals surface area contributed by atoms with Crippen molar-refractivity contribution in [2.24, 2.45) is 0 Å². The van der Waals surface area contributed by atoms with Crippen LogP contribution in [0.3, 0.4) is 0 Å². The molecule has 0 aliphatic carbocycles. The molecule has 1 heterocycles. The topological polar surface area (TPSA) is 44.8 Å². The van der Waals surface area contributed by atoms with Gasteiger partial charge in [0.2, 0.25) is 0 Å². The van der Waals surface area contributed by atoms with Gasteiger partial charge in [-0.05, 0) is 41.0 Å². The van der Waals surface area contributed by atoms with Crippen LogP contribution in [0.15, 0.2) is 78.9 Å². The number of hydrogen-bond acceptors (Lipinski definition) is 4. The highest BCUT2D eigenvalue weighted by atomic mass is 16.5. The van der Waals surface area contributed by atoms with Gasteiger partial charge in [0.25, 0.3) is 5.91 Å². The van der Waals surface area contributed by atoms with Crippen LogP contribution in [0.1, 0.15) is 27.0 Å². The molecule has 0 atom stereocenters. The van der Waals surface area contributed by atoms with Crippen molar-refractivity contribution < 1.29 is 9.53 Å². The van der Waals surface area contributed by atoms with Gasteiger partial charge in [0.1, 0.15) is 0 Å². The summed E-state index contributed by atoms with van der Waals surface area (Å²) in [4.78, 5) is 17.5. The predicted octanol–water partition coefficient (Wildman–Crippen LogP) is 4.09. The molecule has 166 valence electrons. The molecule has 1 aliphatic heterocycles. The van der Waals surface area contributed by atoms with E-state index in [1.165, 1.54) is 16.8 Å². The first-order valence-corrected chi connectivity index (χ1v) is 11.2. The molecule has 1 amide bonds. The number of ether oxygens (including phenoxy) is 1. The summed E-state index contributed by atoms with van der Waals surface area (Å²) < 4.78 is 5.13. The second-order valence-electron chi connectivity index (χ2n) is 8.18. The Morgan fingerprint density at radius 2 is 1.50 bits per heavy atom. The van der Waals surface area contributed by atoms with Crippen LogP contribution >= 0.6 is 0 Å². The van der Waals surface area contributed by atoms with E-state index < -0.39 is 0 Å². The lowest BCUT2D eigenvalue weighted by Gasteiger charge is -2.36. The van der Waals surface area contributed by atoms with E-state index in [-0.39, 0.29) is 5.91 Å². The molecule has 0 saturated carbocycles. The van der Waals surface area contributed by atoms with Crippen LogP contribution in [-0.4, -0.2) is 44.1 Å². The summed E-state index contributed by atoms with van der Waals surface area (Å²) in [7, 11) is 1.67. The molecule has 5 nitrogen and oxygen atoms in total. The Morgan fingerprint density at radius 1 is 0.844 bits per heavy atom. The highest BCUT2D eigenvalue weighted by molar-refractivity contribution is 5.94. The molecular formula is C27H31N3O2. The highest BCUT2D eigenvalue weighted by Crippen LogP contribution is 2.18. The van der Waals surface area contributed by atoms with Crippen molar-refractivity contribution in [2.45, 2.75) is 19.7 Å². The Bertz CT molecular complexity index is 997. The van der Waals surface area contributed by atoms with Gasteiger partial charge in [-0.15, -0.1) is 0 Å². The molecular weight excluding hydrogens is 398 g/mol. The number of amides is 1. The van der Waals surface area contributed by atoms with E-state index in [2.05, 4.69) is 63.6 Å². The number of nitrogens with one attached hydrogen (secondary N) is 1. The first-order valence-electron chi connectivity index (χ1n) is 11.2. The van der Waals surface area contributed by atoms with E-state index in [0.29, 0.717) is 18.7 Å². The quantitative estimate of drug-likeness (QED) is 0.586. The van der Waals surface area contributed by atoms with E-state index in [1.54, 1.807) is 7.11 Å². The van der Waals surface area contributed by atoms with Gasteiger partial charge in [-0.2, -0.15) is 0 Å². The first kappa shape index (κ1) is 22.1. The van der Waals surface area contributed by atoms with Crippen molar-refractivity contribution in [1.82, 2.24) is 10.2 Å². The normalized spacial score (nSPS) is 14.3. The molecule has 1 saturated heterocycles. The summed E-state index contributed by atoms with van der Waals surface area (Å²) >= 11 is 0. The largest absolute Gasteiger partial charge is 0.380 e. The highest BCUT2D eigenvalue weighted by Gasteiger charge is 2.18. The fraction of sp³-hybridized carbons (Fsp3) is 0.296. The molecule has 0 bridgehead atoms. The lowest BCUT2D eigenvalue weighted by molar-refractivity contribution is 0.0950. The van der Waals surface area contributed by atoms with Crippen molar-refractivity contribution >= 4 is 11.6 Å². The van der Waals surface area contributed by atoms with Gasteiger partial charge in [0, 0.05) is 57.6 Å². The summed E-state index contributed by atoms with van der Waals surface area (Å²) in [5.41, 5.74) is 5.46. The molecule has 0 spiro atoms. The van der Waals surface area contributed by atoms with E-state index in [9.17, 15) is 4.79 Å². The van der Waals surface area contributed by atoms with Crippen LogP contribution in [0, 0.1) is 0 Å². The third kappa shape index (κ3) is 5.75. The van der Waals surface area contributed by atoms with E-state index in [0.717, 1.165) is 38.3 Å². The van der Waals surface area contributed by atoms with Crippen molar-refractivity contribution in [1.29, 1.82) is 0 Å². The predicted molar refractivity (Wildman–Crippen MR) is 129 cm³/mol. The molecule has 32 heavy (non-hydrogen) atoms. The van der Waals surface area contributed by atoms with Crippen molar-refractivity contribution in [2.75, 3.05) is 38.2 Å². The first-order chi connectivity index (χ1) is 15.7. The maximum absolute atomic E-state index is 12.6. The minimum atomic E-state index is -0.0553. The smallest absolute Gasteiger partial charge is 0.251 e. The lowest BCUT2D eigenvalue weighted by Crippen LogP contribution is -2.46. The van der Waals surface area contributed by atoms with Crippen LogP contribution < -0.4 is 10.2 Å². The number of rotatable bonds is 8. The third-order valence-electron chi connectivity index (χ3n) is 5.97. The Hall–Kier alpha value is -3.15. The Kier molecular flexibility index (Phi) is 7.54. The lowest BCUT2D eigenvalue weighted by atomic mass is 10.1. The van der Waals surface area contributed by atoms with Crippen molar-refractivity contribution in [3.63, 3.8) is 0 Å². The summed E-state index contributed by atoms with van der Waals surface area (Å²) in [5, 5.41) is 3.08. The second-order valence-corrected chi connectivity index (χ2v) is 8.18. The monoisotopic (exact) mass is 429 g/mol. The van der Waals surface area contributed by atoms with Crippen LogP contribution in [0.5, 0.6) is 0 Å². The Morgan fingerprint density at radius 3 is 2.19 bits per heavy atom. The zero-order chi connectivity index (χ0) is 22.2. The number of carbonyl (C=O) groups is 1. The number of nitrogens with zero attached hydrogens (tertiary/aromatic N) is 2. The fourth-order valence-electron chi connectivity index (χ4n) is 4.12. The summed E-state index contributed by atoms with van der Waals surface area (Å²) in [6.07, 6.45) is 0. The van der Waals surface area contributed by atoms with Gasteiger partial charge in [-0.3, -0.25) is 9.69 Å². The average Bonchev–Trinajstić information content (AvgIpc) is 2.85. The molecule has 4 rings (SSSR count). The standard InChI is InChI=1S/C27H31N3O2/c1-32-21-22-11-13-23(14-12-22)27(31)28-19-24-7-5-6-8-25(24)20-29-15-17-30(18-16-29)26-9-3-2-4-10-26/h2-14H,15-21H2,1H3,(H,28,31). The number of carbonyl (C=O) groups excluding carboxylic acids is 1. The fourth-order valence-corrected chi connectivity index (χ4v) is 4.12. The van der Waals surface area contributed by atoms with Gasteiger partial charge in [0.15, 0.2) is 0 Å². The van der Waals surface area contributed by atoms with Crippen molar-refractivity contribution in [3.05, 3.63) is 101 Å².